The number of hydrogen-bond acceptors (Lipinski definition) is 3. The van der Waals surface area contributed by atoms with E-state index in [9.17, 15) is 4.79 Å². The van der Waals surface area contributed by atoms with Crippen molar-refractivity contribution in [3.05, 3.63) is 0 Å². The molecule has 0 aliphatic heterocycles. The lowest BCUT2D eigenvalue weighted by Crippen LogP contribution is -2.44. The summed E-state index contributed by atoms with van der Waals surface area (Å²) in [6.07, 6.45) is 0.863. The summed E-state index contributed by atoms with van der Waals surface area (Å²) in [5, 5.41) is 12.1. The molecule has 0 radical (unpaired) electrons. The van der Waals surface area contributed by atoms with Gasteiger partial charge in [0.2, 0.25) is 5.91 Å². The van der Waals surface area contributed by atoms with Crippen LogP contribution in [0.2, 0.25) is 0 Å². The topological polar surface area (TPSA) is 75.3 Å². The zero-order chi connectivity index (χ0) is 10.5. The highest BCUT2D eigenvalue weighted by molar-refractivity contribution is 5.79. The fraction of sp³-hybridized carbons (Fsp3) is 0.889. The Morgan fingerprint density at radius 3 is 2.54 bits per heavy atom. The van der Waals surface area contributed by atoms with Crippen LogP contribution in [-0.4, -0.2) is 30.2 Å². The van der Waals surface area contributed by atoms with Gasteiger partial charge in [-0.1, -0.05) is 13.8 Å². The van der Waals surface area contributed by atoms with Gasteiger partial charge in [-0.2, -0.15) is 0 Å². The molecule has 0 saturated carbocycles. The highest BCUT2D eigenvalue weighted by Crippen LogP contribution is 2.18. The van der Waals surface area contributed by atoms with E-state index in [1.165, 1.54) is 0 Å². The van der Waals surface area contributed by atoms with Crippen LogP contribution < -0.4 is 11.1 Å². The highest BCUT2D eigenvalue weighted by Gasteiger charge is 2.22. The van der Waals surface area contributed by atoms with Crippen LogP contribution in [0, 0.1) is 5.41 Å². The van der Waals surface area contributed by atoms with Crippen molar-refractivity contribution in [2.24, 2.45) is 11.1 Å². The molecule has 0 aromatic carbocycles. The molecule has 78 valence electrons. The largest absolute Gasteiger partial charge is 0.396 e. The molecule has 4 heteroatoms. The molecule has 4 nitrogen and oxygen atoms in total. The van der Waals surface area contributed by atoms with Crippen LogP contribution in [-0.2, 0) is 4.79 Å². The van der Waals surface area contributed by atoms with Crippen LogP contribution in [0.5, 0.6) is 0 Å². The average Bonchev–Trinajstić information content (AvgIpc) is 2.13. The van der Waals surface area contributed by atoms with Gasteiger partial charge in [0.1, 0.15) is 0 Å². The minimum atomic E-state index is -0.364. The van der Waals surface area contributed by atoms with Crippen molar-refractivity contribution in [3.8, 4) is 0 Å². The highest BCUT2D eigenvalue weighted by atomic mass is 16.3. The summed E-state index contributed by atoms with van der Waals surface area (Å²) in [5.74, 6) is -0.364. The Balaban J connectivity index is 3.92. The van der Waals surface area contributed by atoms with Crippen molar-refractivity contribution in [2.75, 3.05) is 13.2 Å². The lowest BCUT2D eigenvalue weighted by atomic mass is 9.88. The van der Waals surface area contributed by atoms with Gasteiger partial charge >= 0.3 is 0 Å². The second-order valence-electron chi connectivity index (χ2n) is 3.83. The van der Waals surface area contributed by atoms with Gasteiger partial charge < -0.3 is 16.2 Å². The van der Waals surface area contributed by atoms with Crippen molar-refractivity contribution < 1.29 is 9.90 Å². The molecule has 0 aromatic rings. The predicted octanol–water partition coefficient (Wildman–Crippen LogP) is -0.142. The number of rotatable bonds is 6. The molecule has 2 unspecified atom stereocenters. The summed E-state index contributed by atoms with van der Waals surface area (Å²) in [7, 11) is 0. The van der Waals surface area contributed by atoms with Gasteiger partial charge in [0.05, 0.1) is 6.04 Å². The molecule has 0 rings (SSSR count). The third kappa shape index (κ3) is 4.24. The first-order chi connectivity index (χ1) is 5.95. The van der Waals surface area contributed by atoms with Crippen molar-refractivity contribution in [3.63, 3.8) is 0 Å². The van der Waals surface area contributed by atoms with Crippen LogP contribution in [0.15, 0.2) is 0 Å². The minimum absolute atomic E-state index is 0.113. The first-order valence-electron chi connectivity index (χ1n) is 4.59. The van der Waals surface area contributed by atoms with E-state index in [1.54, 1.807) is 6.92 Å². The van der Waals surface area contributed by atoms with E-state index in [0.717, 1.165) is 6.42 Å². The first-order valence-corrected chi connectivity index (χ1v) is 4.59. The first kappa shape index (κ1) is 12.4. The second kappa shape index (κ2) is 5.19. The SMILES string of the molecule is CCC(C)(CO)CNC(C)C(N)=O. The molecule has 0 spiro atoms. The van der Waals surface area contributed by atoms with Gasteiger partial charge in [-0.15, -0.1) is 0 Å². The Morgan fingerprint density at radius 1 is 1.69 bits per heavy atom. The lowest BCUT2D eigenvalue weighted by Gasteiger charge is -2.27. The molecule has 13 heavy (non-hydrogen) atoms. The number of amides is 1. The van der Waals surface area contributed by atoms with Crippen molar-refractivity contribution in [2.45, 2.75) is 33.2 Å². The van der Waals surface area contributed by atoms with E-state index < -0.39 is 0 Å². The van der Waals surface area contributed by atoms with E-state index in [4.69, 9.17) is 10.8 Å². The molecule has 0 fully saturated rings. The Morgan fingerprint density at radius 2 is 2.23 bits per heavy atom. The van der Waals surface area contributed by atoms with Crippen LogP contribution in [0.4, 0.5) is 0 Å². The van der Waals surface area contributed by atoms with E-state index in [-0.39, 0.29) is 24.0 Å². The standard InChI is InChI=1S/C9H20N2O2/c1-4-9(3,6-12)5-11-7(2)8(10)13/h7,11-12H,4-6H2,1-3H3,(H2,10,13). The lowest BCUT2D eigenvalue weighted by molar-refractivity contribution is -0.119. The van der Waals surface area contributed by atoms with E-state index in [1.807, 2.05) is 13.8 Å². The number of primary amides is 1. The summed E-state index contributed by atoms with van der Waals surface area (Å²) < 4.78 is 0. The molecule has 0 saturated heterocycles. The summed E-state index contributed by atoms with van der Waals surface area (Å²) in [4.78, 5) is 10.7. The normalized spacial score (nSPS) is 17.8. The third-order valence-corrected chi connectivity index (χ3v) is 2.50. The molecule has 0 heterocycles. The number of carbonyl (C=O) groups is 1. The van der Waals surface area contributed by atoms with Gasteiger partial charge in [0, 0.05) is 18.6 Å². The zero-order valence-corrected chi connectivity index (χ0v) is 8.63. The van der Waals surface area contributed by atoms with Gasteiger partial charge in [0.15, 0.2) is 0 Å². The molecule has 4 N–H and O–H groups in total. The average molecular weight is 188 g/mol. The van der Waals surface area contributed by atoms with E-state index in [2.05, 4.69) is 5.32 Å². The Hall–Kier alpha value is -0.610. The van der Waals surface area contributed by atoms with E-state index >= 15 is 0 Å². The number of aliphatic hydroxyl groups excluding tert-OH is 1. The molecule has 0 aliphatic carbocycles. The minimum Gasteiger partial charge on any atom is -0.396 e. The summed E-state index contributed by atoms with van der Waals surface area (Å²) in [6.45, 7) is 6.41. The van der Waals surface area contributed by atoms with Crippen molar-refractivity contribution in [1.29, 1.82) is 0 Å². The third-order valence-electron chi connectivity index (χ3n) is 2.50. The maximum Gasteiger partial charge on any atom is 0.234 e. The fourth-order valence-corrected chi connectivity index (χ4v) is 0.793. The number of carbonyl (C=O) groups excluding carboxylic acids is 1. The van der Waals surface area contributed by atoms with Crippen LogP contribution in [0.3, 0.4) is 0 Å². The Labute approximate surface area is 79.5 Å². The number of nitrogens with two attached hydrogens (primary N) is 1. The second-order valence-corrected chi connectivity index (χ2v) is 3.83. The summed E-state index contributed by atoms with van der Waals surface area (Å²) >= 11 is 0. The maximum atomic E-state index is 10.7. The Bertz CT molecular complexity index is 167. The van der Waals surface area contributed by atoms with Crippen LogP contribution in [0.1, 0.15) is 27.2 Å². The quantitative estimate of drug-likeness (QED) is 0.543. The van der Waals surface area contributed by atoms with Gasteiger partial charge in [0.25, 0.3) is 0 Å². The van der Waals surface area contributed by atoms with Crippen LogP contribution >= 0.6 is 0 Å². The predicted molar refractivity (Wildman–Crippen MR) is 52.1 cm³/mol. The monoisotopic (exact) mass is 188 g/mol. The summed E-state index contributed by atoms with van der Waals surface area (Å²) in [5.41, 5.74) is 4.92. The zero-order valence-electron chi connectivity index (χ0n) is 8.63. The number of hydrogen-bond donors (Lipinski definition) is 3. The number of aliphatic hydroxyl groups is 1. The maximum absolute atomic E-state index is 10.7. The summed E-state index contributed by atoms with van der Waals surface area (Å²) in [6, 6.07) is -0.336. The molecular formula is C9H20N2O2. The molecule has 2 atom stereocenters. The van der Waals surface area contributed by atoms with Crippen molar-refractivity contribution in [1.82, 2.24) is 5.32 Å². The van der Waals surface area contributed by atoms with Gasteiger partial charge in [-0.25, -0.2) is 0 Å². The van der Waals surface area contributed by atoms with Gasteiger partial charge in [-0.3, -0.25) is 4.79 Å². The molecule has 0 aromatic heterocycles. The van der Waals surface area contributed by atoms with E-state index in [0.29, 0.717) is 6.54 Å². The Kier molecular flexibility index (Phi) is 4.95. The molecular weight excluding hydrogens is 168 g/mol. The van der Waals surface area contributed by atoms with Crippen molar-refractivity contribution >= 4 is 5.91 Å². The fourth-order valence-electron chi connectivity index (χ4n) is 0.793. The smallest absolute Gasteiger partial charge is 0.234 e. The van der Waals surface area contributed by atoms with Gasteiger partial charge in [-0.05, 0) is 13.3 Å². The molecule has 1 amide bonds. The number of nitrogens with one attached hydrogen (secondary N) is 1. The molecule has 0 aliphatic rings. The van der Waals surface area contributed by atoms with Crippen LogP contribution in [0.25, 0.3) is 0 Å². The molecule has 0 bridgehead atoms.